The number of carbonyl (C=O) groups is 3. The van der Waals surface area contributed by atoms with Gasteiger partial charge in [-0.2, -0.15) is 0 Å². The van der Waals surface area contributed by atoms with Crippen LogP contribution in [0.2, 0.25) is 0 Å². The SMILES string of the molecule is CCl.CN(C)CCO.CN(C)CCOC(=O)CCCC[C@@H]1CCSS1.C[N+](C)(C)CCOC(=O)CCCC[C@@H]1CCSS1.O=C(O)CCCC[C@@H]1CCSS1.[Cl-]. The van der Waals surface area contributed by atoms with Gasteiger partial charge in [-0.25, -0.2) is 0 Å². The van der Waals surface area contributed by atoms with Crippen LogP contribution in [0.5, 0.6) is 0 Å². The number of carboxylic acid groups (broad SMARTS) is 1. The number of nitrogens with zero attached hydrogens (tertiary/aromatic N) is 3. The average molecular weight is 951 g/mol. The quantitative estimate of drug-likeness (QED) is 0.0414. The molecule has 3 aliphatic rings. The van der Waals surface area contributed by atoms with Gasteiger partial charge >= 0.3 is 17.9 Å². The van der Waals surface area contributed by atoms with E-state index in [-0.39, 0.29) is 31.0 Å². The molecule has 0 aromatic carbocycles. The number of unbranched alkanes of at least 4 members (excludes halogenated alkanes) is 3. The number of alkyl halides is 1. The van der Waals surface area contributed by atoms with Crippen LogP contribution in [0.1, 0.15) is 96.3 Å². The van der Waals surface area contributed by atoms with E-state index in [1.165, 1.54) is 62.2 Å². The number of rotatable bonds is 23. The minimum absolute atomic E-state index is 0. The Morgan fingerprint density at radius 2 is 1.02 bits per heavy atom. The summed E-state index contributed by atoms with van der Waals surface area (Å²) in [6.45, 7) is 3.76. The van der Waals surface area contributed by atoms with Gasteiger partial charge in [-0.05, 0) is 86.0 Å². The molecule has 18 heteroatoms. The highest BCUT2D eigenvalue weighted by molar-refractivity contribution is 8.78. The van der Waals surface area contributed by atoms with E-state index >= 15 is 0 Å². The van der Waals surface area contributed by atoms with Gasteiger partial charge < -0.3 is 46.4 Å². The molecule has 336 valence electrons. The number of carboxylic acids is 1. The molecule has 0 spiro atoms. The summed E-state index contributed by atoms with van der Waals surface area (Å²) in [4.78, 5) is 37.0. The highest BCUT2D eigenvalue weighted by Gasteiger charge is 2.18. The van der Waals surface area contributed by atoms with Crippen LogP contribution in [0, 0.1) is 0 Å². The van der Waals surface area contributed by atoms with E-state index in [0.717, 1.165) is 78.4 Å². The number of halogens is 2. The Labute approximate surface area is 376 Å². The molecule has 0 bridgehead atoms. The molecule has 0 aromatic heterocycles. The van der Waals surface area contributed by atoms with Gasteiger partial charge in [0.1, 0.15) is 19.8 Å². The minimum Gasteiger partial charge on any atom is -1.00 e. The van der Waals surface area contributed by atoms with Crippen molar-refractivity contribution >= 4 is 94.3 Å². The lowest BCUT2D eigenvalue weighted by atomic mass is 10.1. The summed E-state index contributed by atoms with van der Waals surface area (Å²) in [6, 6.07) is 0. The number of aliphatic hydroxyl groups excluding tert-OH is 1. The molecule has 3 rings (SSSR count). The number of hydrogen-bond donors (Lipinski definition) is 2. The van der Waals surface area contributed by atoms with Crippen LogP contribution in [0.4, 0.5) is 0 Å². The van der Waals surface area contributed by atoms with E-state index in [2.05, 4.69) is 32.7 Å². The summed E-state index contributed by atoms with van der Waals surface area (Å²) in [5.74, 6) is 3.12. The number of likely N-dealkylation sites (N-methyl/N-ethyl adjacent to an activating group) is 3. The largest absolute Gasteiger partial charge is 1.00 e. The number of ether oxygens (including phenoxy) is 2. The number of carbonyl (C=O) groups excluding carboxylic acids is 2. The van der Waals surface area contributed by atoms with Crippen molar-refractivity contribution in [2.24, 2.45) is 0 Å². The number of hydrogen-bond acceptors (Lipinski definition) is 14. The molecule has 56 heavy (non-hydrogen) atoms. The zero-order valence-corrected chi connectivity index (χ0v) is 42.1. The van der Waals surface area contributed by atoms with Gasteiger partial charge in [-0.1, -0.05) is 84.0 Å². The lowest BCUT2D eigenvalue weighted by Crippen LogP contribution is -3.00. The van der Waals surface area contributed by atoms with Crippen molar-refractivity contribution in [1.29, 1.82) is 0 Å². The van der Waals surface area contributed by atoms with Crippen molar-refractivity contribution in [1.82, 2.24) is 9.80 Å². The van der Waals surface area contributed by atoms with Gasteiger partial charge in [0.2, 0.25) is 0 Å². The van der Waals surface area contributed by atoms with Gasteiger partial charge in [0, 0.05) is 71.7 Å². The lowest BCUT2D eigenvalue weighted by Gasteiger charge is -2.23. The highest BCUT2D eigenvalue weighted by Crippen LogP contribution is 2.41. The number of quaternary nitrogens is 1. The van der Waals surface area contributed by atoms with Crippen LogP contribution in [-0.4, -0.2) is 171 Å². The van der Waals surface area contributed by atoms with E-state index in [0.29, 0.717) is 32.5 Å². The third-order valence-corrected chi connectivity index (χ3v) is 17.1. The topological polar surface area (TPSA) is 117 Å². The van der Waals surface area contributed by atoms with E-state index in [9.17, 15) is 14.4 Å². The van der Waals surface area contributed by atoms with Crippen molar-refractivity contribution in [2.75, 3.05) is 112 Å². The van der Waals surface area contributed by atoms with E-state index in [4.69, 9.17) is 19.7 Å². The van der Waals surface area contributed by atoms with Crippen LogP contribution >= 0.6 is 76.4 Å². The van der Waals surface area contributed by atoms with Crippen molar-refractivity contribution in [3.8, 4) is 0 Å². The summed E-state index contributed by atoms with van der Waals surface area (Å²) < 4.78 is 11.2. The first-order valence-electron chi connectivity index (χ1n) is 19.7. The normalized spacial score (nSPS) is 18.5. The first-order valence-corrected chi connectivity index (χ1v) is 27.6. The first kappa shape index (κ1) is 61.2. The molecule has 3 atom stereocenters. The molecule has 0 aromatic rings. The predicted octanol–water partition coefficient (Wildman–Crippen LogP) is 5.94. The van der Waals surface area contributed by atoms with Gasteiger partial charge in [0.05, 0.1) is 27.7 Å². The summed E-state index contributed by atoms with van der Waals surface area (Å²) in [5, 5.41) is 19.0. The lowest BCUT2D eigenvalue weighted by molar-refractivity contribution is -0.870. The molecule has 0 radical (unpaired) electrons. The molecule has 3 saturated heterocycles. The smallest absolute Gasteiger partial charge is 0.305 e. The van der Waals surface area contributed by atoms with Crippen LogP contribution in [0.3, 0.4) is 0 Å². The third kappa shape index (κ3) is 46.0. The molecular weight excluding hydrogens is 874 g/mol. The Morgan fingerprint density at radius 1 is 0.643 bits per heavy atom. The van der Waals surface area contributed by atoms with Gasteiger partial charge in [-0.3, -0.25) is 14.4 Å². The fraction of sp³-hybridized carbons (Fsp3) is 0.921. The zero-order chi connectivity index (χ0) is 41.7. The zero-order valence-electron chi connectivity index (χ0n) is 35.7. The van der Waals surface area contributed by atoms with Crippen molar-refractivity contribution in [2.45, 2.75) is 112 Å². The van der Waals surface area contributed by atoms with Crippen molar-refractivity contribution in [3.05, 3.63) is 0 Å². The number of aliphatic carboxylic acids is 1. The molecular formula is C38H77Cl2N3O7S6. The monoisotopic (exact) mass is 949 g/mol. The Morgan fingerprint density at radius 3 is 1.30 bits per heavy atom. The molecule has 0 saturated carbocycles. The Balaban J connectivity index is -0.000000689. The van der Waals surface area contributed by atoms with E-state index in [1.807, 2.05) is 103 Å². The number of esters is 2. The third-order valence-electron chi connectivity index (χ3n) is 8.04. The minimum atomic E-state index is -0.663. The molecule has 0 amide bonds. The second-order valence-electron chi connectivity index (χ2n) is 14.9. The highest BCUT2D eigenvalue weighted by atomic mass is 35.5. The van der Waals surface area contributed by atoms with Crippen LogP contribution in [0.15, 0.2) is 0 Å². The molecule has 0 aliphatic carbocycles. The summed E-state index contributed by atoms with van der Waals surface area (Å²) in [6.07, 6.45) is 16.8. The average Bonchev–Trinajstić information content (AvgIpc) is 3.94. The molecule has 0 unspecified atom stereocenters. The maximum Gasteiger partial charge on any atom is 0.305 e. The molecule has 10 nitrogen and oxygen atoms in total. The molecule has 3 heterocycles. The van der Waals surface area contributed by atoms with E-state index in [1.54, 1.807) is 0 Å². The second kappa shape index (κ2) is 42.6. The van der Waals surface area contributed by atoms with Crippen LogP contribution < -0.4 is 12.4 Å². The molecule has 3 fully saturated rings. The summed E-state index contributed by atoms with van der Waals surface area (Å²) >= 11 is 4.64. The first-order chi connectivity index (χ1) is 26.2. The Kier molecular flexibility index (Phi) is 46.6. The summed E-state index contributed by atoms with van der Waals surface area (Å²) in [5.41, 5.74) is 0. The maximum atomic E-state index is 11.5. The second-order valence-corrected chi connectivity index (χ2v) is 23.3. The van der Waals surface area contributed by atoms with Crippen molar-refractivity contribution < 1.29 is 51.0 Å². The number of aliphatic hydroxyl groups is 1. The standard InChI is InChI=1S/C13H26NO2S2.C12H23NO2S2.C8H14O2S2.C4H11NO.CH3Cl.ClH/c1-14(2,3)9-10-16-13(15)7-5-4-6-12-8-11-17-18-12;1-13(2)8-9-15-12(14)6-4-3-5-11-7-10-16-17-11;9-8(10)4-2-1-3-7-5-6-11-12-7;1-5(2)3-4-6;1-2;/h12H,4-11H2,1-3H3;11H,3-10H2,1-2H3;7H,1-6H2,(H,9,10);6H,3-4H2,1-2H3;1H3;1H/q+1;;;;;/p-1/t12-;11-;7-;;;/m111.../s1. The predicted molar refractivity (Wildman–Crippen MR) is 249 cm³/mol. The van der Waals surface area contributed by atoms with Gasteiger partial charge in [-0.15, -0.1) is 11.6 Å². The fourth-order valence-corrected chi connectivity index (χ4v) is 13.8. The molecule has 2 N–H and O–H groups in total. The maximum absolute atomic E-state index is 11.5. The van der Waals surface area contributed by atoms with Gasteiger partial charge in [0.25, 0.3) is 0 Å². The van der Waals surface area contributed by atoms with Gasteiger partial charge in [0.15, 0.2) is 0 Å². The van der Waals surface area contributed by atoms with Crippen molar-refractivity contribution in [3.63, 3.8) is 0 Å². The Hall–Kier alpha value is 0.930. The van der Waals surface area contributed by atoms with E-state index < -0.39 is 5.97 Å². The fourth-order valence-electron chi connectivity index (χ4n) is 4.74. The summed E-state index contributed by atoms with van der Waals surface area (Å²) in [7, 11) is 26.0. The Bertz CT molecular complexity index is 914. The van der Waals surface area contributed by atoms with Crippen LogP contribution in [-0.2, 0) is 23.9 Å². The van der Waals surface area contributed by atoms with Crippen LogP contribution in [0.25, 0.3) is 0 Å². The molecule has 3 aliphatic heterocycles.